The summed E-state index contributed by atoms with van der Waals surface area (Å²) in [5.41, 5.74) is 1.45. The van der Waals surface area contributed by atoms with E-state index in [9.17, 15) is 0 Å². The Hall–Kier alpha value is -0.701. The summed E-state index contributed by atoms with van der Waals surface area (Å²) in [7, 11) is 4.49. The standard InChI is InChI=1S/C12H12N.2C10H19.Sn/c1-13(2)12-9-5-7-10-6-3-4-8-11(10)12;2*1-8(2)10-6-4-9(3)5-7-10;/h3-7,9H,1-2H3;2*6,8-10H,4-5,7H2,1-3H3;/t;2*9-,10-;/m.00./s1. The Bertz CT molecular complexity index is 910. The second kappa shape index (κ2) is 11.1. The zero-order chi connectivity index (χ0) is 24.6. The molecule has 0 unspecified atom stereocenters. The molecule has 2 aliphatic carbocycles. The molecule has 2 heteroatoms. The number of hydrogen-bond acceptors (Lipinski definition) is 1. The fourth-order valence-corrected chi connectivity index (χ4v) is 23.5. The van der Waals surface area contributed by atoms with Crippen LogP contribution in [-0.4, -0.2) is 33.9 Å². The Morgan fingerprint density at radius 2 is 1.24 bits per heavy atom. The molecule has 0 heterocycles. The quantitative estimate of drug-likeness (QED) is 0.317. The van der Waals surface area contributed by atoms with Crippen molar-refractivity contribution in [2.75, 3.05) is 19.0 Å². The van der Waals surface area contributed by atoms with Gasteiger partial charge in [-0.3, -0.25) is 0 Å². The summed E-state index contributed by atoms with van der Waals surface area (Å²) < 4.78 is 3.84. The summed E-state index contributed by atoms with van der Waals surface area (Å²) in [6, 6.07) is 14.4. The van der Waals surface area contributed by atoms with Gasteiger partial charge in [-0.05, 0) is 0 Å². The van der Waals surface area contributed by atoms with E-state index in [0.717, 1.165) is 43.4 Å². The van der Waals surface area contributed by atoms with Gasteiger partial charge in [0.05, 0.1) is 0 Å². The number of rotatable bonds is 6. The average Bonchev–Trinajstić information content (AvgIpc) is 2.78. The van der Waals surface area contributed by atoms with Crippen LogP contribution in [0.15, 0.2) is 36.4 Å². The Morgan fingerprint density at radius 1 is 0.735 bits per heavy atom. The van der Waals surface area contributed by atoms with Crippen LogP contribution in [0.4, 0.5) is 5.69 Å². The summed E-state index contributed by atoms with van der Waals surface area (Å²) in [6.07, 6.45) is 8.81. The normalized spacial score (nSPS) is 30.4. The second-order valence-corrected chi connectivity index (χ2v) is 21.3. The van der Waals surface area contributed by atoms with Gasteiger partial charge in [-0.25, -0.2) is 0 Å². The predicted octanol–water partition coefficient (Wildman–Crippen LogP) is 8.53. The first kappa shape index (κ1) is 26.4. The van der Waals surface area contributed by atoms with Crippen LogP contribution in [0.1, 0.15) is 80.1 Å². The van der Waals surface area contributed by atoms with Gasteiger partial charge in [0.1, 0.15) is 0 Å². The fourth-order valence-electron chi connectivity index (χ4n) is 7.73. The van der Waals surface area contributed by atoms with E-state index in [4.69, 9.17) is 0 Å². The van der Waals surface area contributed by atoms with Crippen molar-refractivity contribution in [1.82, 2.24) is 0 Å². The van der Waals surface area contributed by atoms with Crippen LogP contribution in [0, 0.1) is 35.5 Å². The van der Waals surface area contributed by atoms with Crippen LogP contribution in [0.3, 0.4) is 0 Å². The van der Waals surface area contributed by atoms with Crippen LogP contribution in [-0.2, 0) is 0 Å². The monoisotopic (exact) mass is 568 g/mol. The topological polar surface area (TPSA) is 3.24 Å². The maximum absolute atomic E-state index is 2.62. The molecule has 4 rings (SSSR count). The zero-order valence-corrected chi connectivity index (χ0v) is 26.1. The van der Waals surface area contributed by atoms with Gasteiger partial charge in [0, 0.05) is 0 Å². The van der Waals surface area contributed by atoms with Crippen molar-refractivity contribution < 1.29 is 0 Å². The maximum atomic E-state index is 2.62. The molecule has 0 bridgehead atoms. The molecular formula is C32H50NSn. The Balaban J connectivity index is 1.95. The molecule has 2 aromatic rings. The summed E-state index contributed by atoms with van der Waals surface area (Å²) in [4.78, 5) is 2.37. The van der Waals surface area contributed by atoms with E-state index in [-0.39, 0.29) is 0 Å². The number of benzene rings is 2. The molecule has 2 fully saturated rings. The van der Waals surface area contributed by atoms with Crippen LogP contribution >= 0.6 is 0 Å². The third-order valence-electron chi connectivity index (χ3n) is 9.52. The van der Waals surface area contributed by atoms with E-state index < -0.39 is 19.8 Å². The molecule has 34 heavy (non-hydrogen) atoms. The van der Waals surface area contributed by atoms with E-state index in [2.05, 4.69) is 96.9 Å². The van der Waals surface area contributed by atoms with Crippen molar-refractivity contribution in [3.05, 3.63) is 36.4 Å². The van der Waals surface area contributed by atoms with Crippen LogP contribution in [0.2, 0.25) is 7.87 Å². The molecule has 2 saturated carbocycles. The number of hydrogen-bond donors (Lipinski definition) is 0. The zero-order valence-electron chi connectivity index (χ0n) is 23.3. The number of anilines is 1. The predicted molar refractivity (Wildman–Crippen MR) is 154 cm³/mol. The van der Waals surface area contributed by atoms with Crippen molar-refractivity contribution in [3.8, 4) is 0 Å². The van der Waals surface area contributed by atoms with Crippen molar-refractivity contribution in [3.63, 3.8) is 0 Å². The molecular weight excluding hydrogens is 517 g/mol. The first-order valence-corrected chi connectivity index (χ1v) is 19.0. The van der Waals surface area contributed by atoms with Gasteiger partial charge in [-0.1, -0.05) is 0 Å². The minimum absolute atomic E-state index is 0.815. The third kappa shape index (κ3) is 5.35. The molecule has 0 aliphatic heterocycles. The first-order chi connectivity index (χ1) is 16.2. The SMILES string of the molecule is CC(C)[C@@H]1CC[C@@H](C)C[C@H]1[Sn]([c]1cccc2cccc(N(C)C)c12)[C@@H]1C[C@H](C)CC[C@H]1C(C)C. The van der Waals surface area contributed by atoms with Gasteiger partial charge in [0.15, 0.2) is 0 Å². The van der Waals surface area contributed by atoms with E-state index in [0.29, 0.717) is 0 Å². The Morgan fingerprint density at radius 3 is 1.71 bits per heavy atom. The van der Waals surface area contributed by atoms with Crippen molar-refractivity contribution in [2.45, 2.75) is 87.9 Å². The van der Waals surface area contributed by atoms with E-state index in [1.54, 1.807) is 5.39 Å². The molecule has 1 nitrogen and oxygen atoms in total. The molecule has 1 radical (unpaired) electrons. The van der Waals surface area contributed by atoms with Gasteiger partial charge in [-0.2, -0.15) is 0 Å². The van der Waals surface area contributed by atoms with Gasteiger partial charge in [0.2, 0.25) is 0 Å². The van der Waals surface area contributed by atoms with Crippen LogP contribution in [0.25, 0.3) is 10.8 Å². The van der Waals surface area contributed by atoms with E-state index >= 15 is 0 Å². The molecule has 2 aliphatic rings. The summed E-state index contributed by atoms with van der Waals surface area (Å²) >= 11 is -2.12. The van der Waals surface area contributed by atoms with E-state index in [1.807, 2.05) is 3.58 Å². The van der Waals surface area contributed by atoms with Crippen molar-refractivity contribution in [2.24, 2.45) is 35.5 Å². The van der Waals surface area contributed by atoms with Crippen LogP contribution < -0.4 is 8.48 Å². The van der Waals surface area contributed by atoms with Crippen molar-refractivity contribution in [1.29, 1.82) is 0 Å². The van der Waals surface area contributed by atoms with Gasteiger partial charge in [-0.15, -0.1) is 0 Å². The molecule has 0 N–H and O–H groups in total. The molecule has 0 spiro atoms. The van der Waals surface area contributed by atoms with Gasteiger partial charge in [0.25, 0.3) is 0 Å². The molecule has 6 atom stereocenters. The number of nitrogens with zero attached hydrogens (tertiary/aromatic N) is 1. The molecule has 187 valence electrons. The third-order valence-corrected chi connectivity index (χ3v) is 20.8. The Kier molecular flexibility index (Phi) is 8.64. The molecule has 2 aromatic carbocycles. The van der Waals surface area contributed by atoms with Crippen molar-refractivity contribution >= 4 is 39.8 Å². The summed E-state index contributed by atoms with van der Waals surface area (Å²) in [5.74, 6) is 5.29. The molecule has 0 amide bonds. The summed E-state index contributed by atoms with van der Waals surface area (Å²) in [5, 5.41) is 3.09. The molecule has 0 saturated heterocycles. The molecule has 0 aromatic heterocycles. The van der Waals surface area contributed by atoms with E-state index in [1.165, 1.54) is 49.6 Å². The Labute approximate surface area is 217 Å². The fraction of sp³-hybridized carbons (Fsp3) is 0.688. The average molecular weight is 567 g/mol. The number of fused-ring (bicyclic) bond motifs is 1. The minimum atomic E-state index is -2.12. The first-order valence-electron chi connectivity index (χ1n) is 14.2. The summed E-state index contributed by atoms with van der Waals surface area (Å²) in [6.45, 7) is 15.3. The second-order valence-electron chi connectivity index (χ2n) is 12.9. The van der Waals surface area contributed by atoms with Gasteiger partial charge >= 0.3 is 219 Å². The van der Waals surface area contributed by atoms with Gasteiger partial charge < -0.3 is 0 Å². The van der Waals surface area contributed by atoms with Crippen LogP contribution in [0.5, 0.6) is 0 Å².